The van der Waals surface area contributed by atoms with Crippen molar-refractivity contribution in [2.45, 2.75) is 20.4 Å². The summed E-state index contributed by atoms with van der Waals surface area (Å²) in [4.78, 5) is 4.10. The Morgan fingerprint density at radius 3 is 2.81 bits per heavy atom. The number of rotatable bonds is 3. The normalized spacial score (nSPS) is 10.4. The molecule has 0 aliphatic rings. The largest absolute Gasteiger partial charge is 0.379 e. The summed E-state index contributed by atoms with van der Waals surface area (Å²) >= 11 is 0. The minimum absolute atomic E-state index is 0.784. The van der Waals surface area contributed by atoms with Gasteiger partial charge < -0.3 is 5.32 Å². The third-order valence-electron chi connectivity index (χ3n) is 2.62. The van der Waals surface area contributed by atoms with Crippen molar-refractivity contribution in [2.75, 3.05) is 5.32 Å². The van der Waals surface area contributed by atoms with Crippen LogP contribution in [0.25, 0.3) is 0 Å². The number of aromatic nitrogens is 3. The highest BCUT2D eigenvalue weighted by atomic mass is 15.2. The van der Waals surface area contributed by atoms with E-state index in [4.69, 9.17) is 0 Å². The second-order valence-corrected chi connectivity index (χ2v) is 3.96. The SMILES string of the molecule is Cc1ccncc1NCc1cn(C)nc1C. The molecule has 4 nitrogen and oxygen atoms in total. The van der Waals surface area contributed by atoms with E-state index in [0.717, 1.165) is 17.9 Å². The zero-order valence-corrected chi connectivity index (χ0v) is 9.86. The van der Waals surface area contributed by atoms with Crippen molar-refractivity contribution in [3.63, 3.8) is 0 Å². The van der Waals surface area contributed by atoms with Crippen molar-refractivity contribution < 1.29 is 0 Å². The maximum absolute atomic E-state index is 4.31. The fourth-order valence-corrected chi connectivity index (χ4v) is 1.66. The molecule has 0 unspecified atom stereocenters. The molecule has 0 saturated carbocycles. The number of nitrogens with one attached hydrogen (secondary N) is 1. The molecule has 0 saturated heterocycles. The van der Waals surface area contributed by atoms with Crippen LogP contribution < -0.4 is 5.32 Å². The summed E-state index contributed by atoms with van der Waals surface area (Å²) in [7, 11) is 1.94. The van der Waals surface area contributed by atoms with Crippen LogP contribution in [0.1, 0.15) is 16.8 Å². The van der Waals surface area contributed by atoms with Gasteiger partial charge in [0.15, 0.2) is 0 Å². The molecule has 0 radical (unpaired) electrons. The van der Waals surface area contributed by atoms with E-state index in [1.54, 1.807) is 6.20 Å². The summed E-state index contributed by atoms with van der Waals surface area (Å²) in [5.74, 6) is 0. The number of hydrogen-bond donors (Lipinski definition) is 1. The van der Waals surface area contributed by atoms with E-state index in [9.17, 15) is 0 Å². The van der Waals surface area contributed by atoms with Gasteiger partial charge in [-0.1, -0.05) is 0 Å². The Labute approximate surface area is 95.3 Å². The van der Waals surface area contributed by atoms with Crippen molar-refractivity contribution in [1.82, 2.24) is 14.8 Å². The lowest BCUT2D eigenvalue weighted by atomic mass is 10.2. The quantitative estimate of drug-likeness (QED) is 0.853. The van der Waals surface area contributed by atoms with E-state index in [1.807, 2.05) is 37.1 Å². The average Bonchev–Trinajstić information content (AvgIpc) is 2.56. The molecular weight excluding hydrogens is 200 g/mol. The van der Waals surface area contributed by atoms with E-state index in [-0.39, 0.29) is 0 Å². The lowest BCUT2D eigenvalue weighted by Gasteiger charge is -2.07. The average molecular weight is 216 g/mol. The monoisotopic (exact) mass is 216 g/mol. The smallest absolute Gasteiger partial charge is 0.0643 e. The fourth-order valence-electron chi connectivity index (χ4n) is 1.66. The summed E-state index contributed by atoms with van der Waals surface area (Å²) in [6.07, 6.45) is 5.69. The van der Waals surface area contributed by atoms with Crippen LogP contribution in [0.15, 0.2) is 24.7 Å². The van der Waals surface area contributed by atoms with Gasteiger partial charge in [-0.05, 0) is 25.5 Å². The first-order valence-electron chi connectivity index (χ1n) is 5.30. The van der Waals surface area contributed by atoms with Crippen LogP contribution in [0.4, 0.5) is 5.69 Å². The molecule has 0 amide bonds. The standard InChI is InChI=1S/C12H16N4/c1-9-4-5-13-7-12(9)14-6-11-8-16(3)15-10(11)2/h4-5,7-8,14H,6H2,1-3H3. The topological polar surface area (TPSA) is 42.7 Å². The van der Waals surface area contributed by atoms with Crippen molar-refractivity contribution in [1.29, 1.82) is 0 Å². The van der Waals surface area contributed by atoms with Crippen LogP contribution in [-0.4, -0.2) is 14.8 Å². The Morgan fingerprint density at radius 1 is 1.38 bits per heavy atom. The Morgan fingerprint density at radius 2 is 2.19 bits per heavy atom. The number of nitrogens with zero attached hydrogens (tertiary/aromatic N) is 3. The maximum Gasteiger partial charge on any atom is 0.0643 e. The Kier molecular flexibility index (Phi) is 2.90. The van der Waals surface area contributed by atoms with E-state index in [0.29, 0.717) is 0 Å². The van der Waals surface area contributed by atoms with Gasteiger partial charge in [-0.2, -0.15) is 5.10 Å². The molecule has 0 fully saturated rings. The van der Waals surface area contributed by atoms with Gasteiger partial charge in [-0.25, -0.2) is 0 Å². The van der Waals surface area contributed by atoms with Gasteiger partial charge in [-0.3, -0.25) is 9.67 Å². The van der Waals surface area contributed by atoms with Crippen LogP contribution in [0.2, 0.25) is 0 Å². The lowest BCUT2D eigenvalue weighted by molar-refractivity contribution is 0.756. The molecule has 2 aromatic rings. The molecular formula is C12H16N4. The molecule has 16 heavy (non-hydrogen) atoms. The van der Waals surface area contributed by atoms with Crippen molar-refractivity contribution in [2.24, 2.45) is 7.05 Å². The molecule has 1 N–H and O–H groups in total. The summed E-state index contributed by atoms with van der Waals surface area (Å²) in [6, 6.07) is 2.00. The third-order valence-corrected chi connectivity index (χ3v) is 2.62. The van der Waals surface area contributed by atoms with Crippen LogP contribution in [0.5, 0.6) is 0 Å². The van der Waals surface area contributed by atoms with E-state index < -0.39 is 0 Å². The molecule has 0 aliphatic carbocycles. The predicted octanol–water partition coefficient (Wildman–Crippen LogP) is 2.04. The molecule has 0 aromatic carbocycles. The molecule has 0 bridgehead atoms. The number of aryl methyl sites for hydroxylation is 3. The highest BCUT2D eigenvalue weighted by Crippen LogP contribution is 2.14. The van der Waals surface area contributed by atoms with Gasteiger partial charge in [0.25, 0.3) is 0 Å². The van der Waals surface area contributed by atoms with Crippen molar-refractivity contribution >= 4 is 5.69 Å². The summed E-state index contributed by atoms with van der Waals surface area (Å²) < 4.78 is 1.84. The van der Waals surface area contributed by atoms with E-state index in [1.165, 1.54) is 11.1 Å². The first kappa shape index (κ1) is 10.7. The molecule has 2 aromatic heterocycles. The molecule has 84 valence electrons. The third kappa shape index (κ3) is 2.21. The van der Waals surface area contributed by atoms with Gasteiger partial charge in [0.2, 0.25) is 0 Å². The Bertz CT molecular complexity index is 488. The number of anilines is 1. The van der Waals surface area contributed by atoms with Crippen LogP contribution in [0.3, 0.4) is 0 Å². The van der Waals surface area contributed by atoms with Gasteiger partial charge in [0.1, 0.15) is 0 Å². The van der Waals surface area contributed by atoms with Crippen LogP contribution in [-0.2, 0) is 13.6 Å². The zero-order chi connectivity index (χ0) is 11.5. The minimum atomic E-state index is 0.784. The second-order valence-electron chi connectivity index (χ2n) is 3.96. The van der Waals surface area contributed by atoms with Gasteiger partial charge in [0, 0.05) is 31.5 Å². The maximum atomic E-state index is 4.31. The molecule has 2 heterocycles. The minimum Gasteiger partial charge on any atom is -0.379 e. The Balaban J connectivity index is 2.08. The molecule has 2 rings (SSSR count). The van der Waals surface area contributed by atoms with E-state index in [2.05, 4.69) is 22.3 Å². The predicted molar refractivity (Wildman–Crippen MR) is 64.2 cm³/mol. The summed E-state index contributed by atoms with van der Waals surface area (Å²) in [5, 5.41) is 7.67. The molecule has 0 atom stereocenters. The summed E-state index contributed by atoms with van der Waals surface area (Å²) in [6.45, 7) is 4.87. The second kappa shape index (κ2) is 4.35. The number of pyridine rings is 1. The van der Waals surface area contributed by atoms with Gasteiger partial charge in [-0.15, -0.1) is 0 Å². The molecule has 0 spiro atoms. The number of hydrogen-bond acceptors (Lipinski definition) is 3. The fraction of sp³-hybridized carbons (Fsp3) is 0.333. The highest BCUT2D eigenvalue weighted by Gasteiger charge is 2.03. The molecule has 4 heteroatoms. The highest BCUT2D eigenvalue weighted by molar-refractivity contribution is 5.48. The van der Waals surface area contributed by atoms with Crippen molar-refractivity contribution in [3.8, 4) is 0 Å². The Hall–Kier alpha value is -1.84. The first-order valence-corrected chi connectivity index (χ1v) is 5.30. The molecule has 0 aliphatic heterocycles. The summed E-state index contributed by atoms with van der Waals surface area (Å²) in [5.41, 5.74) is 4.56. The van der Waals surface area contributed by atoms with Crippen molar-refractivity contribution in [3.05, 3.63) is 41.5 Å². The lowest BCUT2D eigenvalue weighted by Crippen LogP contribution is -2.01. The zero-order valence-electron chi connectivity index (χ0n) is 9.86. The first-order chi connectivity index (χ1) is 7.66. The van der Waals surface area contributed by atoms with E-state index >= 15 is 0 Å². The van der Waals surface area contributed by atoms with Crippen LogP contribution in [0, 0.1) is 13.8 Å². The van der Waals surface area contributed by atoms with Crippen LogP contribution >= 0.6 is 0 Å². The van der Waals surface area contributed by atoms with Gasteiger partial charge >= 0.3 is 0 Å². The van der Waals surface area contributed by atoms with Gasteiger partial charge in [0.05, 0.1) is 17.6 Å².